The number of fused-ring (bicyclic) bond motifs is 1. The van der Waals surface area contributed by atoms with Gasteiger partial charge in [-0.05, 0) is 18.2 Å². The van der Waals surface area contributed by atoms with Crippen LogP contribution in [0.3, 0.4) is 0 Å². The van der Waals surface area contributed by atoms with Gasteiger partial charge in [0.05, 0.1) is 0 Å². The lowest BCUT2D eigenvalue weighted by Crippen LogP contribution is -2.37. The molecule has 0 unspecified atom stereocenters. The first kappa shape index (κ1) is 11.9. The van der Waals surface area contributed by atoms with Crippen LogP contribution >= 0.6 is 11.3 Å². The van der Waals surface area contributed by atoms with Crippen molar-refractivity contribution in [2.24, 2.45) is 0 Å². The maximum Gasteiger partial charge on any atom is 0.293 e. The molecule has 0 fully saturated rings. The highest BCUT2D eigenvalue weighted by Gasteiger charge is 2.17. The lowest BCUT2D eigenvalue weighted by molar-refractivity contribution is -0.698. The van der Waals surface area contributed by atoms with Crippen LogP contribution in [0.1, 0.15) is 5.01 Å². The van der Waals surface area contributed by atoms with Crippen molar-refractivity contribution >= 4 is 27.6 Å². The maximum atomic E-state index is 5.82. The van der Waals surface area contributed by atoms with Crippen molar-refractivity contribution in [3.8, 4) is 5.75 Å². The highest BCUT2D eigenvalue weighted by Crippen LogP contribution is 2.21. The standard InChI is InChI=1S/C16H14NOS/c1-2-16-17(12-18-13-8-4-3-5-9-13)14-10-6-7-11-15(14)19-16/h2-11H,1,12H2/q+1. The first-order chi connectivity index (χ1) is 9.38. The minimum absolute atomic E-state index is 0.495. The molecule has 0 aliphatic carbocycles. The van der Waals surface area contributed by atoms with Gasteiger partial charge in [0.25, 0.3) is 11.7 Å². The quantitative estimate of drug-likeness (QED) is 0.655. The van der Waals surface area contributed by atoms with Crippen LogP contribution in [0, 0.1) is 0 Å². The molecule has 0 aliphatic rings. The van der Waals surface area contributed by atoms with Crippen molar-refractivity contribution in [1.82, 2.24) is 0 Å². The molecule has 2 nitrogen and oxygen atoms in total. The zero-order chi connectivity index (χ0) is 13.1. The fourth-order valence-corrected chi connectivity index (χ4v) is 2.99. The lowest BCUT2D eigenvalue weighted by Gasteiger charge is -2.02. The van der Waals surface area contributed by atoms with Crippen LogP contribution in [-0.4, -0.2) is 0 Å². The van der Waals surface area contributed by atoms with Gasteiger partial charge in [0, 0.05) is 12.1 Å². The average Bonchev–Trinajstić information content (AvgIpc) is 2.84. The van der Waals surface area contributed by atoms with E-state index in [1.165, 1.54) is 10.2 Å². The third-order valence-electron chi connectivity index (χ3n) is 2.91. The molecule has 1 heterocycles. The molecule has 0 saturated heterocycles. The third kappa shape index (κ3) is 2.37. The van der Waals surface area contributed by atoms with E-state index in [0.29, 0.717) is 6.73 Å². The van der Waals surface area contributed by atoms with Crippen molar-refractivity contribution in [1.29, 1.82) is 0 Å². The Hall–Kier alpha value is -2.13. The fourth-order valence-electron chi connectivity index (χ4n) is 1.99. The molecular weight excluding hydrogens is 254 g/mol. The number of hydrogen-bond acceptors (Lipinski definition) is 2. The van der Waals surface area contributed by atoms with Crippen molar-refractivity contribution in [2.45, 2.75) is 6.73 Å². The van der Waals surface area contributed by atoms with Gasteiger partial charge in [-0.1, -0.05) is 48.2 Å². The van der Waals surface area contributed by atoms with E-state index in [2.05, 4.69) is 23.3 Å². The fraction of sp³-hybridized carbons (Fsp3) is 0.0625. The van der Waals surface area contributed by atoms with E-state index in [-0.39, 0.29) is 0 Å². The number of rotatable bonds is 4. The molecule has 0 atom stereocenters. The summed E-state index contributed by atoms with van der Waals surface area (Å²) in [6, 6.07) is 18.2. The second kappa shape index (κ2) is 5.24. The Morgan fingerprint density at radius 2 is 1.79 bits per heavy atom. The van der Waals surface area contributed by atoms with Crippen LogP contribution in [0.5, 0.6) is 5.75 Å². The number of ether oxygens (including phenoxy) is 1. The summed E-state index contributed by atoms with van der Waals surface area (Å²) in [4.78, 5) is 0. The number of aromatic nitrogens is 1. The molecule has 1 aromatic heterocycles. The zero-order valence-corrected chi connectivity index (χ0v) is 11.3. The van der Waals surface area contributed by atoms with Crippen LogP contribution < -0.4 is 9.30 Å². The van der Waals surface area contributed by atoms with Gasteiger partial charge in [-0.15, -0.1) is 4.57 Å². The monoisotopic (exact) mass is 268 g/mol. The van der Waals surface area contributed by atoms with Gasteiger partial charge in [-0.25, -0.2) is 0 Å². The normalized spacial score (nSPS) is 10.5. The molecule has 94 valence electrons. The number of thiazole rings is 1. The maximum absolute atomic E-state index is 5.82. The summed E-state index contributed by atoms with van der Waals surface area (Å²) in [5.74, 6) is 0.875. The number of benzene rings is 2. The molecule has 0 aliphatic heterocycles. The Morgan fingerprint density at radius 3 is 2.58 bits per heavy atom. The van der Waals surface area contributed by atoms with E-state index >= 15 is 0 Å². The van der Waals surface area contributed by atoms with Gasteiger partial charge in [0.2, 0.25) is 5.52 Å². The predicted molar refractivity (Wildman–Crippen MR) is 79.2 cm³/mol. The minimum atomic E-state index is 0.495. The molecule has 0 spiro atoms. The number of hydrogen-bond donors (Lipinski definition) is 0. The van der Waals surface area contributed by atoms with Gasteiger partial charge in [0.1, 0.15) is 10.4 Å². The molecular formula is C16H14NOS+. The minimum Gasteiger partial charge on any atom is -0.436 e. The summed E-state index contributed by atoms with van der Waals surface area (Å²) in [5.41, 5.74) is 1.18. The Morgan fingerprint density at radius 1 is 1.05 bits per heavy atom. The molecule has 19 heavy (non-hydrogen) atoms. The molecule has 0 bridgehead atoms. The predicted octanol–water partition coefficient (Wildman–Crippen LogP) is 3.87. The van der Waals surface area contributed by atoms with Gasteiger partial charge >= 0.3 is 0 Å². The summed E-state index contributed by atoms with van der Waals surface area (Å²) in [5, 5.41) is 1.11. The van der Waals surface area contributed by atoms with Gasteiger partial charge < -0.3 is 4.74 Å². The van der Waals surface area contributed by atoms with E-state index in [1.807, 2.05) is 48.5 Å². The van der Waals surface area contributed by atoms with Crippen LogP contribution in [0.4, 0.5) is 0 Å². The van der Waals surface area contributed by atoms with Crippen molar-refractivity contribution in [3.05, 3.63) is 66.2 Å². The average molecular weight is 268 g/mol. The Balaban J connectivity index is 1.93. The van der Waals surface area contributed by atoms with Crippen LogP contribution in [-0.2, 0) is 6.73 Å². The highest BCUT2D eigenvalue weighted by atomic mass is 32.1. The summed E-state index contributed by atoms with van der Waals surface area (Å²) in [6.07, 6.45) is 1.87. The van der Waals surface area contributed by atoms with E-state index in [4.69, 9.17) is 4.74 Å². The van der Waals surface area contributed by atoms with Crippen LogP contribution in [0.25, 0.3) is 16.3 Å². The Kier molecular flexibility index (Phi) is 3.29. The van der Waals surface area contributed by atoms with Crippen molar-refractivity contribution < 1.29 is 9.30 Å². The SMILES string of the molecule is C=Cc1sc2ccccc2[n+]1COc1ccccc1. The number of para-hydroxylation sites is 2. The summed E-state index contributed by atoms with van der Waals surface area (Å²) >= 11 is 1.72. The Bertz CT molecular complexity index is 703. The van der Waals surface area contributed by atoms with Crippen molar-refractivity contribution in [3.63, 3.8) is 0 Å². The summed E-state index contributed by atoms with van der Waals surface area (Å²) < 4.78 is 9.21. The van der Waals surface area contributed by atoms with Gasteiger partial charge in [0.15, 0.2) is 0 Å². The molecule has 0 saturated carbocycles. The molecule has 3 rings (SSSR count). The molecule has 0 N–H and O–H groups in total. The van der Waals surface area contributed by atoms with Crippen molar-refractivity contribution in [2.75, 3.05) is 0 Å². The third-order valence-corrected chi connectivity index (χ3v) is 4.08. The highest BCUT2D eigenvalue weighted by molar-refractivity contribution is 7.18. The molecule has 2 aromatic carbocycles. The second-order valence-corrected chi connectivity index (χ2v) is 5.19. The first-order valence-electron chi connectivity index (χ1n) is 6.10. The Labute approximate surface area is 116 Å². The summed E-state index contributed by atoms with van der Waals surface area (Å²) in [7, 11) is 0. The van der Waals surface area contributed by atoms with E-state index in [9.17, 15) is 0 Å². The zero-order valence-electron chi connectivity index (χ0n) is 10.5. The molecule has 0 amide bonds. The molecule has 3 heteroatoms. The van der Waals surface area contributed by atoms with Crippen LogP contribution in [0.2, 0.25) is 0 Å². The largest absolute Gasteiger partial charge is 0.436 e. The number of nitrogens with zero attached hydrogens (tertiary/aromatic N) is 1. The smallest absolute Gasteiger partial charge is 0.293 e. The topological polar surface area (TPSA) is 13.1 Å². The van der Waals surface area contributed by atoms with E-state index < -0.39 is 0 Å². The van der Waals surface area contributed by atoms with Gasteiger partial charge in [-0.2, -0.15) is 0 Å². The van der Waals surface area contributed by atoms with Gasteiger partial charge in [-0.3, -0.25) is 0 Å². The van der Waals surface area contributed by atoms with E-state index in [1.54, 1.807) is 11.3 Å². The van der Waals surface area contributed by atoms with E-state index in [0.717, 1.165) is 10.8 Å². The molecule has 0 radical (unpaired) electrons. The summed E-state index contributed by atoms with van der Waals surface area (Å²) in [6.45, 7) is 4.37. The van der Waals surface area contributed by atoms with Crippen LogP contribution in [0.15, 0.2) is 61.2 Å². The molecule has 3 aromatic rings. The second-order valence-electron chi connectivity index (χ2n) is 4.13. The first-order valence-corrected chi connectivity index (χ1v) is 6.92. The lowest BCUT2D eigenvalue weighted by atomic mass is 10.3.